The predicted octanol–water partition coefficient (Wildman–Crippen LogP) is 3.01. The summed E-state index contributed by atoms with van der Waals surface area (Å²) in [6, 6.07) is 3.93. The number of amides is 1. The van der Waals surface area contributed by atoms with Crippen LogP contribution >= 0.6 is 0 Å². The highest BCUT2D eigenvalue weighted by atomic mass is 16.3. The number of benzene rings is 1. The number of carbonyl (C=O) groups excluding carboxylic acids is 1. The number of aryl methyl sites for hydroxylation is 2. The van der Waals surface area contributed by atoms with E-state index in [-0.39, 0.29) is 5.91 Å². The fourth-order valence-electron chi connectivity index (χ4n) is 1.82. The molecule has 2 aromatic rings. The molecule has 1 aromatic carbocycles. The molecule has 0 spiro atoms. The maximum atomic E-state index is 11.1. The van der Waals surface area contributed by atoms with Crippen LogP contribution in [0.4, 0.5) is 5.69 Å². The normalized spacial score (nSPS) is 10.6. The molecule has 0 radical (unpaired) electrons. The molecule has 3 nitrogen and oxygen atoms in total. The van der Waals surface area contributed by atoms with E-state index in [9.17, 15) is 4.79 Å². The number of rotatable bonds is 1. The van der Waals surface area contributed by atoms with E-state index < -0.39 is 0 Å². The summed E-state index contributed by atoms with van der Waals surface area (Å²) in [5, 5.41) is 3.89. The number of hydrogen-bond donors (Lipinski definition) is 1. The Bertz CT molecular complexity index is 526. The van der Waals surface area contributed by atoms with E-state index in [0.29, 0.717) is 0 Å². The van der Waals surface area contributed by atoms with Crippen LogP contribution in [0.1, 0.15) is 18.1 Å². The average molecular weight is 203 g/mol. The first-order valence-electron chi connectivity index (χ1n) is 4.84. The smallest absolute Gasteiger partial charge is 0.221 e. The number of anilines is 1. The maximum absolute atomic E-state index is 11.1. The molecule has 0 aliphatic rings. The summed E-state index contributed by atoms with van der Waals surface area (Å²) < 4.78 is 5.37. The molecule has 78 valence electrons. The van der Waals surface area contributed by atoms with E-state index in [0.717, 1.165) is 27.8 Å². The van der Waals surface area contributed by atoms with Gasteiger partial charge in [-0.1, -0.05) is 0 Å². The van der Waals surface area contributed by atoms with Gasteiger partial charge in [0.1, 0.15) is 5.58 Å². The van der Waals surface area contributed by atoms with E-state index in [1.165, 1.54) is 6.92 Å². The van der Waals surface area contributed by atoms with E-state index >= 15 is 0 Å². The molecule has 0 unspecified atom stereocenters. The first-order chi connectivity index (χ1) is 7.09. The van der Waals surface area contributed by atoms with Gasteiger partial charge in [0.2, 0.25) is 5.91 Å². The molecular formula is C12H13NO2. The zero-order valence-corrected chi connectivity index (χ0v) is 9.05. The third-order valence-electron chi connectivity index (χ3n) is 2.48. The highest BCUT2D eigenvalue weighted by Crippen LogP contribution is 2.29. The molecule has 0 saturated carbocycles. The Labute approximate surface area is 88.1 Å². The largest absolute Gasteiger partial charge is 0.464 e. The molecule has 0 fully saturated rings. The van der Waals surface area contributed by atoms with Crippen LogP contribution in [0.5, 0.6) is 0 Å². The predicted molar refractivity (Wildman–Crippen MR) is 60.0 cm³/mol. The van der Waals surface area contributed by atoms with Crippen LogP contribution < -0.4 is 5.32 Å². The number of hydrogen-bond acceptors (Lipinski definition) is 2. The fourth-order valence-corrected chi connectivity index (χ4v) is 1.82. The zero-order chi connectivity index (χ0) is 11.0. The summed E-state index contributed by atoms with van der Waals surface area (Å²) >= 11 is 0. The molecule has 1 aromatic heterocycles. The molecule has 1 heterocycles. The Hall–Kier alpha value is -1.77. The van der Waals surface area contributed by atoms with Crippen molar-refractivity contribution < 1.29 is 9.21 Å². The standard InChI is InChI=1S/C12H13NO2/c1-7-6-10-4-5-15-12(10)8(2)11(7)13-9(3)14/h4-6H,1-3H3,(H,13,14). The molecule has 1 amide bonds. The van der Waals surface area contributed by atoms with Crippen LogP contribution in [-0.2, 0) is 4.79 Å². The van der Waals surface area contributed by atoms with Gasteiger partial charge in [0.25, 0.3) is 0 Å². The Morgan fingerprint density at radius 3 is 2.80 bits per heavy atom. The molecule has 2 rings (SSSR count). The monoisotopic (exact) mass is 203 g/mol. The topological polar surface area (TPSA) is 42.2 Å². The van der Waals surface area contributed by atoms with Gasteiger partial charge in [-0.25, -0.2) is 0 Å². The molecule has 0 atom stereocenters. The second kappa shape index (κ2) is 3.42. The van der Waals surface area contributed by atoms with Crippen molar-refractivity contribution in [3.63, 3.8) is 0 Å². The molecule has 0 aliphatic carbocycles. The highest BCUT2D eigenvalue weighted by Gasteiger charge is 2.10. The summed E-state index contributed by atoms with van der Waals surface area (Å²) in [7, 11) is 0. The first-order valence-corrected chi connectivity index (χ1v) is 4.84. The minimum atomic E-state index is -0.0629. The molecule has 0 aliphatic heterocycles. The van der Waals surface area contributed by atoms with Crippen LogP contribution in [0, 0.1) is 13.8 Å². The van der Waals surface area contributed by atoms with Gasteiger partial charge in [0.05, 0.1) is 12.0 Å². The third-order valence-corrected chi connectivity index (χ3v) is 2.48. The van der Waals surface area contributed by atoms with Crippen molar-refractivity contribution in [3.8, 4) is 0 Å². The second-order valence-corrected chi connectivity index (χ2v) is 3.71. The molecule has 0 bridgehead atoms. The lowest BCUT2D eigenvalue weighted by molar-refractivity contribution is -0.114. The number of fused-ring (bicyclic) bond motifs is 1. The van der Waals surface area contributed by atoms with Gasteiger partial charge in [-0.2, -0.15) is 0 Å². The molecular weight excluding hydrogens is 190 g/mol. The lowest BCUT2D eigenvalue weighted by Crippen LogP contribution is -2.08. The van der Waals surface area contributed by atoms with Crippen LogP contribution in [0.2, 0.25) is 0 Å². The number of carbonyl (C=O) groups is 1. The highest BCUT2D eigenvalue weighted by molar-refractivity contribution is 5.95. The van der Waals surface area contributed by atoms with E-state index in [1.807, 2.05) is 26.0 Å². The minimum Gasteiger partial charge on any atom is -0.464 e. The van der Waals surface area contributed by atoms with Gasteiger partial charge in [-0.3, -0.25) is 4.79 Å². The molecule has 1 N–H and O–H groups in total. The van der Waals surface area contributed by atoms with Crippen molar-refractivity contribution >= 4 is 22.6 Å². The van der Waals surface area contributed by atoms with Crippen molar-refractivity contribution in [2.75, 3.05) is 5.32 Å². The Morgan fingerprint density at radius 1 is 1.40 bits per heavy atom. The fraction of sp³-hybridized carbons (Fsp3) is 0.250. The lowest BCUT2D eigenvalue weighted by atomic mass is 10.1. The number of furan rings is 1. The van der Waals surface area contributed by atoms with Gasteiger partial charge >= 0.3 is 0 Å². The van der Waals surface area contributed by atoms with Crippen molar-refractivity contribution in [3.05, 3.63) is 29.5 Å². The summed E-state index contributed by atoms with van der Waals surface area (Å²) in [5.74, 6) is -0.0629. The van der Waals surface area contributed by atoms with Crippen LogP contribution in [-0.4, -0.2) is 5.91 Å². The van der Waals surface area contributed by atoms with Crippen molar-refractivity contribution in [2.45, 2.75) is 20.8 Å². The molecule has 0 saturated heterocycles. The summed E-state index contributed by atoms with van der Waals surface area (Å²) in [5.41, 5.74) is 3.72. The van der Waals surface area contributed by atoms with Crippen LogP contribution in [0.15, 0.2) is 22.8 Å². The van der Waals surface area contributed by atoms with Crippen molar-refractivity contribution in [1.82, 2.24) is 0 Å². The SMILES string of the molecule is CC(=O)Nc1c(C)cc2ccoc2c1C. The zero-order valence-electron chi connectivity index (χ0n) is 9.05. The summed E-state index contributed by atoms with van der Waals surface area (Å²) in [6.07, 6.45) is 1.66. The van der Waals surface area contributed by atoms with Gasteiger partial charge < -0.3 is 9.73 Å². The third kappa shape index (κ3) is 1.61. The lowest BCUT2D eigenvalue weighted by Gasteiger charge is -2.10. The van der Waals surface area contributed by atoms with E-state index in [4.69, 9.17) is 4.42 Å². The Kier molecular flexibility index (Phi) is 2.23. The van der Waals surface area contributed by atoms with Gasteiger partial charge in [-0.15, -0.1) is 0 Å². The minimum absolute atomic E-state index is 0.0629. The van der Waals surface area contributed by atoms with Crippen LogP contribution in [0.25, 0.3) is 11.0 Å². The Balaban J connectivity index is 2.66. The van der Waals surface area contributed by atoms with Crippen molar-refractivity contribution in [1.29, 1.82) is 0 Å². The van der Waals surface area contributed by atoms with E-state index in [2.05, 4.69) is 5.32 Å². The van der Waals surface area contributed by atoms with Gasteiger partial charge in [0, 0.05) is 17.9 Å². The maximum Gasteiger partial charge on any atom is 0.221 e. The second-order valence-electron chi connectivity index (χ2n) is 3.71. The van der Waals surface area contributed by atoms with E-state index in [1.54, 1.807) is 6.26 Å². The summed E-state index contributed by atoms with van der Waals surface area (Å²) in [4.78, 5) is 11.1. The van der Waals surface area contributed by atoms with Crippen molar-refractivity contribution in [2.24, 2.45) is 0 Å². The first kappa shape index (κ1) is 9.77. The quantitative estimate of drug-likeness (QED) is 0.774. The Morgan fingerprint density at radius 2 is 2.13 bits per heavy atom. The van der Waals surface area contributed by atoms with Gasteiger partial charge in [0.15, 0.2) is 0 Å². The molecule has 3 heteroatoms. The number of nitrogens with one attached hydrogen (secondary N) is 1. The molecule has 15 heavy (non-hydrogen) atoms. The average Bonchev–Trinajstić information content (AvgIpc) is 2.59. The summed E-state index contributed by atoms with van der Waals surface area (Å²) in [6.45, 7) is 5.43. The van der Waals surface area contributed by atoms with Gasteiger partial charge in [-0.05, 0) is 31.5 Å². The van der Waals surface area contributed by atoms with Crippen LogP contribution in [0.3, 0.4) is 0 Å².